The molecule has 1 amide bonds. The van der Waals surface area contributed by atoms with Crippen LogP contribution in [0.25, 0.3) is 11.4 Å². The predicted molar refractivity (Wildman–Crippen MR) is 131 cm³/mol. The van der Waals surface area contributed by atoms with E-state index >= 15 is 0 Å². The fourth-order valence-corrected chi connectivity index (χ4v) is 4.73. The maximum atomic E-state index is 12.7. The van der Waals surface area contributed by atoms with Gasteiger partial charge in [0.15, 0.2) is 11.0 Å². The molecule has 0 bridgehead atoms. The molecular weight excluding hydrogens is 418 g/mol. The molecule has 32 heavy (non-hydrogen) atoms. The van der Waals surface area contributed by atoms with E-state index in [1.807, 2.05) is 29.8 Å². The average Bonchev–Trinajstić information content (AvgIpc) is 3.60. The third-order valence-electron chi connectivity index (χ3n) is 5.99. The van der Waals surface area contributed by atoms with Gasteiger partial charge in [-0.15, -0.1) is 10.2 Å². The zero-order chi connectivity index (χ0) is 22.5. The number of benzene rings is 2. The van der Waals surface area contributed by atoms with E-state index in [2.05, 4.69) is 70.7 Å². The van der Waals surface area contributed by atoms with Crippen molar-refractivity contribution in [2.24, 2.45) is 13.0 Å². The summed E-state index contributed by atoms with van der Waals surface area (Å²) in [7, 11) is 1.95. The number of rotatable bonds is 10. The molecule has 0 spiro atoms. The smallest absolute Gasteiger partial charge is 0.230 e. The monoisotopic (exact) mass is 449 g/mol. The molecule has 1 atom stereocenters. The van der Waals surface area contributed by atoms with Gasteiger partial charge in [0.2, 0.25) is 5.91 Å². The van der Waals surface area contributed by atoms with Crippen molar-refractivity contribution in [2.75, 3.05) is 23.7 Å². The lowest BCUT2D eigenvalue weighted by atomic mass is 10.0. The number of hydrogen-bond donors (Lipinski definition) is 1. The molecule has 3 aromatic rings. The van der Waals surface area contributed by atoms with E-state index in [-0.39, 0.29) is 11.9 Å². The highest BCUT2D eigenvalue weighted by Gasteiger charge is 2.33. The summed E-state index contributed by atoms with van der Waals surface area (Å²) in [4.78, 5) is 15.0. The van der Waals surface area contributed by atoms with Gasteiger partial charge in [-0.3, -0.25) is 4.79 Å². The predicted octanol–water partition coefficient (Wildman–Crippen LogP) is 4.69. The quantitative estimate of drug-likeness (QED) is 0.455. The fraction of sp³-hybridized carbons (Fsp3) is 0.400. The summed E-state index contributed by atoms with van der Waals surface area (Å²) in [5.74, 6) is 1.71. The Kier molecular flexibility index (Phi) is 7.15. The third-order valence-corrected chi connectivity index (χ3v) is 7.01. The third kappa shape index (κ3) is 5.15. The van der Waals surface area contributed by atoms with Crippen LogP contribution in [0.15, 0.2) is 59.8 Å². The van der Waals surface area contributed by atoms with Gasteiger partial charge in [-0.1, -0.05) is 42.1 Å². The molecule has 1 aromatic heterocycles. The number of amides is 1. The maximum absolute atomic E-state index is 12.7. The Morgan fingerprint density at radius 1 is 1.09 bits per heavy atom. The molecule has 1 aliphatic rings. The number of aromatic nitrogens is 3. The highest BCUT2D eigenvalue weighted by atomic mass is 32.2. The first-order valence-electron chi connectivity index (χ1n) is 11.3. The van der Waals surface area contributed by atoms with Gasteiger partial charge in [0.25, 0.3) is 0 Å². The van der Waals surface area contributed by atoms with E-state index in [0.29, 0.717) is 11.7 Å². The van der Waals surface area contributed by atoms with Crippen molar-refractivity contribution in [2.45, 2.75) is 37.9 Å². The van der Waals surface area contributed by atoms with Crippen molar-refractivity contribution < 1.29 is 4.79 Å². The van der Waals surface area contributed by atoms with E-state index < -0.39 is 0 Å². The van der Waals surface area contributed by atoms with Gasteiger partial charge in [0.05, 0.1) is 11.8 Å². The van der Waals surface area contributed by atoms with Crippen molar-refractivity contribution in [3.05, 3.63) is 60.2 Å². The summed E-state index contributed by atoms with van der Waals surface area (Å²) in [5, 5.41) is 12.7. The van der Waals surface area contributed by atoms with Crippen LogP contribution in [0, 0.1) is 5.92 Å². The van der Waals surface area contributed by atoms with Crippen molar-refractivity contribution >= 4 is 23.4 Å². The Morgan fingerprint density at radius 3 is 2.41 bits per heavy atom. The molecule has 1 fully saturated rings. The van der Waals surface area contributed by atoms with Gasteiger partial charge in [0, 0.05) is 31.4 Å². The van der Waals surface area contributed by atoms with Crippen LogP contribution in [-0.2, 0) is 11.8 Å². The number of anilines is 1. The molecular formula is C25H31N5OS. The van der Waals surface area contributed by atoms with Crippen LogP contribution in [0.3, 0.4) is 0 Å². The molecule has 1 unspecified atom stereocenters. The fourth-order valence-electron chi connectivity index (χ4n) is 4.01. The highest BCUT2D eigenvalue weighted by molar-refractivity contribution is 7.99. The van der Waals surface area contributed by atoms with Gasteiger partial charge < -0.3 is 14.8 Å². The van der Waals surface area contributed by atoms with E-state index in [1.165, 1.54) is 35.9 Å². The topological polar surface area (TPSA) is 63.1 Å². The molecule has 0 aliphatic heterocycles. The summed E-state index contributed by atoms with van der Waals surface area (Å²) < 4.78 is 1.96. The molecule has 1 N–H and O–H groups in total. The van der Waals surface area contributed by atoms with E-state index in [1.54, 1.807) is 0 Å². The van der Waals surface area contributed by atoms with Crippen molar-refractivity contribution in [1.29, 1.82) is 0 Å². The average molecular weight is 450 g/mol. The van der Waals surface area contributed by atoms with Crippen LogP contribution in [0.2, 0.25) is 0 Å². The van der Waals surface area contributed by atoms with Gasteiger partial charge in [0.1, 0.15) is 0 Å². The summed E-state index contributed by atoms with van der Waals surface area (Å²) in [5.41, 5.74) is 3.41. The van der Waals surface area contributed by atoms with E-state index in [0.717, 1.165) is 29.6 Å². The highest BCUT2D eigenvalue weighted by Crippen LogP contribution is 2.41. The Labute approximate surface area is 194 Å². The van der Waals surface area contributed by atoms with E-state index in [4.69, 9.17) is 0 Å². The second kappa shape index (κ2) is 10.2. The lowest BCUT2D eigenvalue weighted by molar-refractivity contribution is -0.119. The van der Waals surface area contributed by atoms with Gasteiger partial charge in [-0.2, -0.15) is 0 Å². The summed E-state index contributed by atoms with van der Waals surface area (Å²) in [6.07, 6.45) is 2.35. The maximum Gasteiger partial charge on any atom is 0.230 e. The second-order valence-corrected chi connectivity index (χ2v) is 9.11. The molecule has 4 rings (SSSR count). The number of hydrogen-bond acceptors (Lipinski definition) is 5. The van der Waals surface area contributed by atoms with Gasteiger partial charge in [-0.25, -0.2) is 0 Å². The second-order valence-electron chi connectivity index (χ2n) is 8.17. The molecule has 6 nitrogen and oxygen atoms in total. The zero-order valence-electron chi connectivity index (χ0n) is 19.0. The Hall–Kier alpha value is -2.80. The summed E-state index contributed by atoms with van der Waals surface area (Å²) in [6.45, 7) is 6.28. The van der Waals surface area contributed by atoms with Crippen LogP contribution in [0.4, 0.5) is 5.69 Å². The Morgan fingerprint density at radius 2 is 1.78 bits per heavy atom. The lowest BCUT2D eigenvalue weighted by Gasteiger charge is -2.21. The summed E-state index contributed by atoms with van der Waals surface area (Å²) >= 11 is 1.42. The number of nitrogens with zero attached hydrogens (tertiary/aromatic N) is 4. The normalized spacial score (nSPS) is 14.2. The van der Waals surface area contributed by atoms with Crippen molar-refractivity contribution in [3.8, 4) is 11.4 Å². The first-order chi connectivity index (χ1) is 15.6. The van der Waals surface area contributed by atoms with Crippen LogP contribution in [0.1, 0.15) is 38.3 Å². The minimum atomic E-state index is 0.0314. The van der Waals surface area contributed by atoms with Crippen LogP contribution in [-0.4, -0.2) is 39.5 Å². The zero-order valence-corrected chi connectivity index (χ0v) is 19.8. The van der Waals surface area contributed by atoms with Crippen LogP contribution < -0.4 is 10.2 Å². The summed E-state index contributed by atoms with van der Waals surface area (Å²) in [6, 6.07) is 18.8. The largest absolute Gasteiger partial charge is 0.372 e. The van der Waals surface area contributed by atoms with E-state index in [9.17, 15) is 4.79 Å². The van der Waals surface area contributed by atoms with Crippen LogP contribution in [0.5, 0.6) is 0 Å². The van der Waals surface area contributed by atoms with Crippen molar-refractivity contribution in [1.82, 2.24) is 20.1 Å². The first-order valence-corrected chi connectivity index (χ1v) is 12.3. The van der Waals surface area contributed by atoms with Gasteiger partial charge in [-0.05, 0) is 62.4 Å². The molecule has 168 valence electrons. The minimum Gasteiger partial charge on any atom is -0.372 e. The first kappa shape index (κ1) is 22.4. The Balaban J connectivity index is 1.38. The lowest BCUT2D eigenvalue weighted by Crippen LogP contribution is -2.31. The molecule has 1 aliphatic carbocycles. The molecule has 2 aromatic carbocycles. The minimum absolute atomic E-state index is 0.0314. The molecule has 7 heteroatoms. The standard InChI is InChI=1S/C25H31N5OS/c1-4-30(5-2)21-15-13-20(14-16-21)24-27-28-25(29(24)3)32-17-22(31)26-23(19-11-12-19)18-9-7-6-8-10-18/h6-10,13-16,19,23H,4-5,11-12,17H2,1-3H3,(H,26,31). The number of carbonyl (C=O) groups is 1. The number of carbonyl (C=O) groups excluding carboxylic acids is 1. The molecule has 0 saturated heterocycles. The molecule has 1 saturated carbocycles. The van der Waals surface area contributed by atoms with Crippen LogP contribution >= 0.6 is 11.8 Å². The molecule has 0 radical (unpaired) electrons. The SMILES string of the molecule is CCN(CC)c1ccc(-c2nnc(SCC(=O)NC(c3ccccc3)C3CC3)n2C)cc1. The molecule has 1 heterocycles. The number of nitrogens with one attached hydrogen (secondary N) is 1. The van der Waals surface area contributed by atoms with Gasteiger partial charge >= 0.3 is 0 Å². The number of thioether (sulfide) groups is 1. The van der Waals surface area contributed by atoms with Crippen molar-refractivity contribution in [3.63, 3.8) is 0 Å². The Bertz CT molecular complexity index is 1030.